The van der Waals surface area contributed by atoms with Crippen LogP contribution in [0.2, 0.25) is 0 Å². The van der Waals surface area contributed by atoms with Crippen molar-refractivity contribution in [3.63, 3.8) is 0 Å². The molecule has 1 aromatic heterocycles. The summed E-state index contributed by atoms with van der Waals surface area (Å²) < 4.78 is 42.2. The second kappa shape index (κ2) is 7.03. The lowest BCUT2D eigenvalue weighted by molar-refractivity contribution is 0.500. The molecule has 0 bridgehead atoms. The van der Waals surface area contributed by atoms with Gasteiger partial charge in [-0.1, -0.05) is 24.3 Å². The van der Waals surface area contributed by atoms with E-state index in [0.717, 1.165) is 17.8 Å². The third-order valence-electron chi connectivity index (χ3n) is 3.97. The molecule has 0 atom stereocenters. The SMILES string of the molecule is Cc1ccccc1Nc1nc(=O)c(F)cn1Cc1cc(C)c(F)c(F)c1. The standard InChI is InChI=1S/C19H16F3N3O/c1-11-5-3-4-6-16(11)23-19-24-18(26)15(21)10-25(19)9-13-7-12(2)17(22)14(20)8-13/h3-8,10H,9H2,1-2H3,(H,23,24,26). The van der Waals surface area contributed by atoms with Gasteiger partial charge in [-0.15, -0.1) is 0 Å². The van der Waals surface area contributed by atoms with Crippen LogP contribution in [-0.2, 0) is 6.54 Å². The molecule has 134 valence electrons. The van der Waals surface area contributed by atoms with E-state index in [2.05, 4.69) is 10.3 Å². The number of anilines is 2. The van der Waals surface area contributed by atoms with E-state index in [1.165, 1.54) is 17.6 Å². The van der Waals surface area contributed by atoms with Crippen LogP contribution < -0.4 is 10.9 Å². The molecule has 26 heavy (non-hydrogen) atoms. The summed E-state index contributed by atoms with van der Waals surface area (Å²) in [5.74, 6) is -2.83. The first-order valence-corrected chi connectivity index (χ1v) is 7.89. The monoisotopic (exact) mass is 359 g/mol. The first-order valence-electron chi connectivity index (χ1n) is 7.89. The van der Waals surface area contributed by atoms with E-state index >= 15 is 0 Å². The number of benzene rings is 2. The number of nitrogens with one attached hydrogen (secondary N) is 1. The van der Waals surface area contributed by atoms with Crippen molar-refractivity contribution < 1.29 is 13.2 Å². The van der Waals surface area contributed by atoms with Crippen molar-refractivity contribution in [2.75, 3.05) is 5.32 Å². The highest BCUT2D eigenvalue weighted by Crippen LogP contribution is 2.20. The Kier molecular flexibility index (Phi) is 4.79. The Morgan fingerprint density at radius 2 is 1.77 bits per heavy atom. The molecule has 0 unspecified atom stereocenters. The predicted octanol–water partition coefficient (Wildman–Crippen LogP) is 4.07. The third kappa shape index (κ3) is 3.61. The molecule has 3 rings (SSSR count). The van der Waals surface area contributed by atoms with Crippen LogP contribution in [-0.4, -0.2) is 9.55 Å². The van der Waals surface area contributed by atoms with Crippen LogP contribution in [0.5, 0.6) is 0 Å². The van der Waals surface area contributed by atoms with Gasteiger partial charge in [0.1, 0.15) is 0 Å². The van der Waals surface area contributed by atoms with Crippen molar-refractivity contribution in [1.29, 1.82) is 0 Å². The lowest BCUT2D eigenvalue weighted by atomic mass is 10.1. The first kappa shape index (κ1) is 17.7. The fourth-order valence-corrected chi connectivity index (χ4v) is 2.61. The molecule has 0 fully saturated rings. The average Bonchev–Trinajstić information content (AvgIpc) is 2.59. The van der Waals surface area contributed by atoms with Gasteiger partial charge in [0.15, 0.2) is 11.6 Å². The van der Waals surface area contributed by atoms with Gasteiger partial charge in [0.2, 0.25) is 11.8 Å². The van der Waals surface area contributed by atoms with Gasteiger partial charge in [-0.25, -0.2) is 8.78 Å². The molecule has 2 aromatic carbocycles. The Hall–Kier alpha value is -3.09. The fraction of sp³-hybridized carbons (Fsp3) is 0.158. The molecule has 0 amide bonds. The highest BCUT2D eigenvalue weighted by atomic mass is 19.2. The van der Waals surface area contributed by atoms with Crippen LogP contribution in [0.15, 0.2) is 47.4 Å². The highest BCUT2D eigenvalue weighted by Gasteiger charge is 2.12. The molecule has 0 saturated heterocycles. The number of hydrogen-bond donors (Lipinski definition) is 1. The molecule has 1 heterocycles. The lowest BCUT2D eigenvalue weighted by Crippen LogP contribution is -2.20. The number of aromatic nitrogens is 2. The van der Waals surface area contributed by atoms with E-state index in [-0.39, 0.29) is 18.1 Å². The fourth-order valence-electron chi connectivity index (χ4n) is 2.61. The molecule has 7 heteroatoms. The molecule has 0 aliphatic rings. The van der Waals surface area contributed by atoms with Gasteiger partial charge in [-0.3, -0.25) is 4.79 Å². The van der Waals surface area contributed by atoms with Crippen molar-refractivity contribution in [1.82, 2.24) is 9.55 Å². The van der Waals surface area contributed by atoms with E-state index < -0.39 is 23.0 Å². The Morgan fingerprint density at radius 3 is 2.46 bits per heavy atom. The first-order chi connectivity index (χ1) is 12.3. The van der Waals surface area contributed by atoms with E-state index in [0.29, 0.717) is 11.3 Å². The average molecular weight is 359 g/mol. The molecular weight excluding hydrogens is 343 g/mol. The minimum absolute atomic E-state index is 0.0104. The third-order valence-corrected chi connectivity index (χ3v) is 3.97. The Balaban J connectivity index is 2.02. The molecule has 3 aromatic rings. The van der Waals surface area contributed by atoms with Gasteiger partial charge in [-0.2, -0.15) is 9.37 Å². The van der Waals surface area contributed by atoms with Crippen molar-refractivity contribution in [3.8, 4) is 0 Å². The number of para-hydroxylation sites is 1. The van der Waals surface area contributed by atoms with Gasteiger partial charge in [0.25, 0.3) is 0 Å². The minimum atomic E-state index is -1.03. The summed E-state index contributed by atoms with van der Waals surface area (Å²) in [7, 11) is 0. The second-order valence-electron chi connectivity index (χ2n) is 5.99. The molecule has 4 nitrogen and oxygen atoms in total. The molecule has 0 aliphatic carbocycles. The summed E-state index contributed by atoms with van der Waals surface area (Å²) in [5, 5.41) is 2.99. The van der Waals surface area contributed by atoms with Gasteiger partial charge in [0.05, 0.1) is 6.54 Å². The molecule has 1 N–H and O–H groups in total. The molecular formula is C19H16F3N3O. The summed E-state index contributed by atoms with van der Waals surface area (Å²) in [5.41, 5.74) is 1.16. The topological polar surface area (TPSA) is 46.9 Å². The summed E-state index contributed by atoms with van der Waals surface area (Å²) in [4.78, 5) is 15.3. The minimum Gasteiger partial charge on any atom is -0.325 e. The van der Waals surface area contributed by atoms with Gasteiger partial charge in [-0.05, 0) is 42.7 Å². The maximum Gasteiger partial charge on any atom is 0.310 e. The zero-order valence-corrected chi connectivity index (χ0v) is 14.2. The van der Waals surface area contributed by atoms with Crippen LogP contribution in [0.4, 0.5) is 24.8 Å². The van der Waals surface area contributed by atoms with E-state index in [1.54, 1.807) is 12.1 Å². The quantitative estimate of drug-likeness (QED) is 0.764. The maximum atomic E-state index is 13.7. The zero-order chi connectivity index (χ0) is 18.8. The Morgan fingerprint density at radius 1 is 1.04 bits per heavy atom. The number of nitrogens with zero attached hydrogens (tertiary/aromatic N) is 2. The van der Waals surface area contributed by atoms with E-state index in [1.807, 2.05) is 19.1 Å². The van der Waals surface area contributed by atoms with Gasteiger partial charge >= 0.3 is 5.56 Å². The number of halogens is 3. The van der Waals surface area contributed by atoms with Crippen LogP contribution in [0.3, 0.4) is 0 Å². The summed E-state index contributed by atoms with van der Waals surface area (Å²) in [6, 6.07) is 9.82. The smallest absolute Gasteiger partial charge is 0.310 e. The molecule has 0 aliphatic heterocycles. The van der Waals surface area contributed by atoms with Crippen LogP contribution in [0, 0.1) is 31.3 Å². The number of rotatable bonds is 4. The molecule has 0 saturated carbocycles. The zero-order valence-electron chi connectivity index (χ0n) is 14.2. The molecule has 0 spiro atoms. The number of hydrogen-bond acceptors (Lipinski definition) is 3. The predicted molar refractivity (Wildman–Crippen MR) is 93.1 cm³/mol. The van der Waals surface area contributed by atoms with Crippen molar-refractivity contribution in [3.05, 3.63) is 87.1 Å². The summed E-state index contributed by atoms with van der Waals surface area (Å²) >= 11 is 0. The van der Waals surface area contributed by atoms with E-state index in [9.17, 15) is 18.0 Å². The van der Waals surface area contributed by atoms with Crippen LogP contribution >= 0.6 is 0 Å². The lowest BCUT2D eigenvalue weighted by Gasteiger charge is -2.16. The van der Waals surface area contributed by atoms with E-state index in [4.69, 9.17) is 0 Å². The second-order valence-corrected chi connectivity index (χ2v) is 5.99. The van der Waals surface area contributed by atoms with Crippen LogP contribution in [0.1, 0.15) is 16.7 Å². The van der Waals surface area contributed by atoms with Crippen LogP contribution in [0.25, 0.3) is 0 Å². The maximum absolute atomic E-state index is 13.7. The van der Waals surface area contributed by atoms with Crippen molar-refractivity contribution in [2.24, 2.45) is 0 Å². The Labute approximate surface area is 147 Å². The highest BCUT2D eigenvalue weighted by molar-refractivity contribution is 5.58. The van der Waals surface area contributed by atoms with Crippen molar-refractivity contribution >= 4 is 11.6 Å². The normalized spacial score (nSPS) is 10.8. The van der Waals surface area contributed by atoms with Gasteiger partial charge < -0.3 is 9.88 Å². The molecule has 0 radical (unpaired) electrons. The van der Waals surface area contributed by atoms with Gasteiger partial charge in [0, 0.05) is 11.9 Å². The number of aryl methyl sites for hydroxylation is 2. The summed E-state index contributed by atoms with van der Waals surface area (Å²) in [6.07, 6.45) is 0.993. The summed E-state index contributed by atoms with van der Waals surface area (Å²) in [6.45, 7) is 3.32. The largest absolute Gasteiger partial charge is 0.325 e. The Bertz CT molecular complexity index is 1010. The van der Waals surface area contributed by atoms with Crippen molar-refractivity contribution in [2.45, 2.75) is 20.4 Å².